The molecule has 41 heavy (non-hydrogen) atoms. The molecule has 0 saturated heterocycles. The number of nitrogens with one attached hydrogen (secondary N) is 2. The molecule has 0 atom stereocenters. The molecule has 0 fully saturated rings. The Kier molecular flexibility index (Phi) is 11.7. The van der Waals surface area contributed by atoms with E-state index in [0.717, 1.165) is 46.5 Å². The summed E-state index contributed by atoms with van der Waals surface area (Å²) in [7, 11) is -8.98. The molecular formula is C29H36N2Na2O6S2. The van der Waals surface area contributed by atoms with Gasteiger partial charge in [-0.05, 0) is 105 Å². The number of fused-ring (bicyclic) bond motifs is 2. The predicted octanol–water partition coefficient (Wildman–Crippen LogP) is -1.32. The molecule has 0 spiro atoms. The van der Waals surface area contributed by atoms with Crippen molar-refractivity contribution in [3.05, 3.63) is 69.8 Å². The third-order valence-corrected chi connectivity index (χ3v) is 8.49. The van der Waals surface area contributed by atoms with E-state index in [9.17, 15) is 25.9 Å². The smallest absolute Gasteiger partial charge is 0.748 e. The van der Waals surface area contributed by atoms with Crippen LogP contribution >= 0.6 is 0 Å². The van der Waals surface area contributed by atoms with Crippen LogP contribution in [-0.2, 0) is 39.5 Å². The normalized spacial score (nSPS) is 16.9. The fraction of sp³-hybridized carbons (Fsp3) is 0.448. The molecular weight excluding hydrogens is 582 g/mol. The van der Waals surface area contributed by atoms with E-state index in [4.69, 9.17) is 0 Å². The van der Waals surface area contributed by atoms with Gasteiger partial charge in [-0.1, -0.05) is 26.0 Å². The van der Waals surface area contributed by atoms with Gasteiger partial charge < -0.3 is 19.7 Å². The van der Waals surface area contributed by atoms with E-state index in [1.807, 2.05) is 52.0 Å². The Bertz CT molecular complexity index is 1490. The Balaban J connectivity index is 0.00000294. The fourth-order valence-electron chi connectivity index (χ4n) is 5.72. The summed E-state index contributed by atoms with van der Waals surface area (Å²) in [5, 5.41) is 6.88. The summed E-state index contributed by atoms with van der Waals surface area (Å²) in [6.07, 6.45) is 5.60. The Morgan fingerprint density at radius 3 is 1.27 bits per heavy atom. The van der Waals surface area contributed by atoms with Gasteiger partial charge in [0.05, 0.1) is 42.8 Å². The standard InChI is InChI=1S/C29H38N2O6S2.2Na/c1-7-18-12-26-24(22(16-38(32,33)34)14-28(3,4)30-26)10-20(18)9-21-11-25-23(17-39(35,36)37)15-29(5,6)31-27(25)13-19(21)8-2;;/h10-15,30-31H,7-9,16-17H2,1-6H3,(H,32,33,34)(H,35,36,37);;/q;2*+1/p-2. The van der Waals surface area contributed by atoms with Crippen LogP contribution in [0.1, 0.15) is 74.9 Å². The number of benzene rings is 2. The van der Waals surface area contributed by atoms with Crippen LogP contribution in [0, 0.1) is 0 Å². The van der Waals surface area contributed by atoms with Crippen molar-refractivity contribution >= 4 is 42.8 Å². The Morgan fingerprint density at radius 2 is 0.976 bits per heavy atom. The minimum absolute atomic E-state index is 0. The number of anilines is 2. The molecule has 2 aliphatic rings. The largest absolute Gasteiger partial charge is 1.00 e. The maximum atomic E-state index is 11.7. The fourth-order valence-corrected chi connectivity index (χ4v) is 6.96. The van der Waals surface area contributed by atoms with Gasteiger partial charge in [-0.25, -0.2) is 16.8 Å². The zero-order valence-corrected chi connectivity index (χ0v) is 30.9. The van der Waals surface area contributed by atoms with Gasteiger partial charge >= 0.3 is 59.1 Å². The van der Waals surface area contributed by atoms with Gasteiger partial charge in [0.15, 0.2) is 0 Å². The quantitative estimate of drug-likeness (QED) is 0.275. The Hall–Kier alpha value is -0.660. The summed E-state index contributed by atoms with van der Waals surface area (Å²) in [5.74, 6) is -1.18. The van der Waals surface area contributed by atoms with Gasteiger partial charge in [-0.15, -0.1) is 0 Å². The topological polar surface area (TPSA) is 138 Å². The van der Waals surface area contributed by atoms with Gasteiger partial charge in [-0.3, -0.25) is 0 Å². The van der Waals surface area contributed by atoms with Crippen LogP contribution in [0.5, 0.6) is 0 Å². The van der Waals surface area contributed by atoms with Gasteiger partial charge in [0.1, 0.15) is 0 Å². The molecule has 4 rings (SSSR count). The first-order valence-electron chi connectivity index (χ1n) is 13.1. The van der Waals surface area contributed by atoms with Crippen LogP contribution in [0.15, 0.2) is 36.4 Å². The molecule has 0 aromatic heterocycles. The molecule has 2 aromatic rings. The van der Waals surface area contributed by atoms with E-state index in [2.05, 4.69) is 24.5 Å². The second-order valence-corrected chi connectivity index (χ2v) is 14.5. The summed E-state index contributed by atoms with van der Waals surface area (Å²) >= 11 is 0. The summed E-state index contributed by atoms with van der Waals surface area (Å²) in [6.45, 7) is 11.8. The summed E-state index contributed by atoms with van der Waals surface area (Å²) in [5.41, 5.74) is 7.05. The third-order valence-electron chi connectivity index (χ3n) is 7.16. The zero-order valence-electron chi connectivity index (χ0n) is 25.3. The minimum Gasteiger partial charge on any atom is -0.748 e. The monoisotopic (exact) mass is 618 g/mol. The van der Waals surface area contributed by atoms with E-state index in [1.165, 1.54) is 0 Å². The number of rotatable bonds is 8. The van der Waals surface area contributed by atoms with E-state index in [-0.39, 0.29) is 59.1 Å². The van der Waals surface area contributed by atoms with Crippen LogP contribution in [0.3, 0.4) is 0 Å². The van der Waals surface area contributed by atoms with E-state index in [0.29, 0.717) is 28.7 Å². The molecule has 2 N–H and O–H groups in total. The molecule has 0 saturated carbocycles. The first-order chi connectivity index (χ1) is 17.9. The molecule has 2 heterocycles. The minimum atomic E-state index is -4.49. The predicted molar refractivity (Wildman–Crippen MR) is 155 cm³/mol. The summed E-state index contributed by atoms with van der Waals surface area (Å²) in [6, 6.07) is 7.99. The first-order valence-corrected chi connectivity index (χ1v) is 16.2. The van der Waals surface area contributed by atoms with Crippen LogP contribution in [0.2, 0.25) is 0 Å². The molecule has 0 amide bonds. The maximum Gasteiger partial charge on any atom is 1.00 e. The van der Waals surface area contributed by atoms with Gasteiger partial charge in [-0.2, -0.15) is 0 Å². The van der Waals surface area contributed by atoms with Gasteiger partial charge in [0, 0.05) is 22.5 Å². The van der Waals surface area contributed by atoms with Crippen molar-refractivity contribution in [2.75, 3.05) is 22.1 Å². The second kappa shape index (κ2) is 13.1. The van der Waals surface area contributed by atoms with Crippen LogP contribution in [0.4, 0.5) is 11.4 Å². The first kappa shape index (κ1) is 36.5. The van der Waals surface area contributed by atoms with Crippen molar-refractivity contribution in [3.8, 4) is 0 Å². The van der Waals surface area contributed by atoms with E-state index >= 15 is 0 Å². The summed E-state index contributed by atoms with van der Waals surface area (Å²) < 4.78 is 70.3. The Morgan fingerprint density at radius 1 is 0.634 bits per heavy atom. The van der Waals surface area contributed by atoms with Gasteiger partial charge in [0.2, 0.25) is 0 Å². The number of hydrogen-bond acceptors (Lipinski definition) is 8. The van der Waals surface area contributed by atoms with Crippen LogP contribution < -0.4 is 69.7 Å². The van der Waals surface area contributed by atoms with E-state index in [1.54, 1.807) is 12.2 Å². The summed E-state index contributed by atoms with van der Waals surface area (Å²) in [4.78, 5) is 0. The second-order valence-electron chi connectivity index (χ2n) is 11.7. The molecule has 0 aliphatic carbocycles. The maximum absolute atomic E-state index is 11.7. The third kappa shape index (κ3) is 9.17. The van der Waals surface area contributed by atoms with Crippen molar-refractivity contribution in [1.29, 1.82) is 0 Å². The van der Waals surface area contributed by atoms with E-state index < -0.39 is 42.8 Å². The van der Waals surface area contributed by atoms with Gasteiger partial charge in [0.25, 0.3) is 0 Å². The van der Waals surface area contributed by atoms with Crippen LogP contribution in [0.25, 0.3) is 11.1 Å². The molecule has 2 aromatic carbocycles. The Labute approximate surface area is 288 Å². The molecule has 0 unspecified atom stereocenters. The van der Waals surface area contributed by atoms with Crippen molar-refractivity contribution in [2.45, 2.75) is 71.9 Å². The van der Waals surface area contributed by atoms with Crippen LogP contribution in [-0.4, -0.2) is 48.5 Å². The average molecular weight is 619 g/mol. The molecule has 12 heteroatoms. The molecule has 8 nitrogen and oxygen atoms in total. The van der Waals surface area contributed by atoms with Crippen molar-refractivity contribution in [3.63, 3.8) is 0 Å². The molecule has 2 aliphatic heterocycles. The zero-order chi connectivity index (χ0) is 29.0. The number of aryl methyl sites for hydroxylation is 2. The van der Waals surface area contributed by atoms with Crippen molar-refractivity contribution in [1.82, 2.24) is 0 Å². The van der Waals surface area contributed by atoms with Crippen molar-refractivity contribution in [2.24, 2.45) is 0 Å². The average Bonchev–Trinajstić information content (AvgIpc) is 2.75. The molecule has 212 valence electrons. The molecule has 0 radical (unpaired) electrons. The molecule has 0 bridgehead atoms. The SMILES string of the molecule is CCc1cc2c(cc1Cc1cc3c(cc1CC)NC(C)(C)C=C3CS(=O)(=O)[O-])C(CS(=O)(=O)[O-])=CC(C)(C)N2.[Na+].[Na+]. The van der Waals surface area contributed by atoms with Crippen molar-refractivity contribution < 1.29 is 85.1 Å². The number of hydrogen-bond donors (Lipinski definition) is 2.